The number of anilines is 2. The van der Waals surface area contributed by atoms with Crippen LogP contribution >= 0.6 is 11.5 Å². The van der Waals surface area contributed by atoms with E-state index in [0.717, 1.165) is 24.2 Å². The number of aromatic nitrogens is 2. The highest BCUT2D eigenvalue weighted by atomic mass is 32.1. The van der Waals surface area contributed by atoms with Gasteiger partial charge in [0.1, 0.15) is 5.82 Å². The van der Waals surface area contributed by atoms with E-state index in [1.54, 1.807) is 0 Å². The maximum absolute atomic E-state index is 11.3. The van der Waals surface area contributed by atoms with Crippen LogP contribution in [0.3, 0.4) is 0 Å². The Balaban J connectivity index is 2.16. The fourth-order valence-corrected chi connectivity index (χ4v) is 2.63. The molecule has 7 heteroatoms. The molecule has 0 saturated heterocycles. The molecule has 1 heterocycles. The molecule has 2 aromatic rings. The Bertz CT molecular complexity index is 596. The molecule has 4 N–H and O–H groups in total. The second-order valence-corrected chi connectivity index (χ2v) is 5.54. The van der Waals surface area contributed by atoms with Crippen LogP contribution in [0.1, 0.15) is 24.7 Å². The van der Waals surface area contributed by atoms with Crippen LogP contribution < -0.4 is 16.4 Å². The lowest BCUT2D eigenvalue weighted by molar-refractivity contribution is -0.116. The molecule has 1 aromatic heterocycles. The number of nitrogen functional groups attached to an aromatic ring is 1. The summed E-state index contributed by atoms with van der Waals surface area (Å²) in [6, 6.07) is 7.52. The molecule has 0 aliphatic carbocycles. The van der Waals surface area contributed by atoms with Crippen LogP contribution in [0.4, 0.5) is 10.8 Å². The highest BCUT2D eigenvalue weighted by molar-refractivity contribution is 7.09. The largest absolute Gasteiger partial charge is 0.399 e. The van der Waals surface area contributed by atoms with E-state index in [-0.39, 0.29) is 6.54 Å². The van der Waals surface area contributed by atoms with Gasteiger partial charge >= 0.3 is 0 Å². The first kappa shape index (κ1) is 15.2. The Kier molecular flexibility index (Phi) is 5.10. The van der Waals surface area contributed by atoms with Gasteiger partial charge in [-0.25, -0.2) is 4.98 Å². The molecule has 1 aromatic carbocycles. The molecule has 0 aliphatic heterocycles. The molecule has 0 saturated carbocycles. The first-order valence-corrected chi connectivity index (χ1v) is 7.56. The number of rotatable bonds is 7. The summed E-state index contributed by atoms with van der Waals surface area (Å²) in [4.78, 5) is 17.6. The molecule has 1 amide bonds. The van der Waals surface area contributed by atoms with Gasteiger partial charge in [0.25, 0.3) is 0 Å². The average molecular weight is 305 g/mol. The van der Waals surface area contributed by atoms with E-state index in [1.807, 2.05) is 29.2 Å². The van der Waals surface area contributed by atoms with E-state index in [0.29, 0.717) is 17.4 Å². The molecule has 0 fully saturated rings. The molecule has 0 spiro atoms. The van der Waals surface area contributed by atoms with E-state index in [1.165, 1.54) is 11.5 Å². The lowest BCUT2D eigenvalue weighted by Crippen LogP contribution is -2.33. The first-order valence-electron chi connectivity index (χ1n) is 6.78. The fraction of sp³-hybridized carbons (Fsp3) is 0.357. The van der Waals surface area contributed by atoms with Crippen molar-refractivity contribution in [2.75, 3.05) is 17.2 Å². The zero-order valence-corrected chi connectivity index (χ0v) is 12.8. The Hall–Kier alpha value is -2.15. The fourth-order valence-electron chi connectivity index (χ4n) is 1.92. The van der Waals surface area contributed by atoms with E-state index < -0.39 is 5.91 Å². The van der Waals surface area contributed by atoms with Gasteiger partial charge in [-0.3, -0.25) is 4.79 Å². The summed E-state index contributed by atoms with van der Waals surface area (Å²) < 4.78 is 4.31. The number of carbonyl (C=O) groups is 1. The van der Waals surface area contributed by atoms with Crippen LogP contribution in [0.5, 0.6) is 0 Å². The number of amides is 1. The van der Waals surface area contributed by atoms with Gasteiger partial charge < -0.3 is 16.4 Å². The highest BCUT2D eigenvalue weighted by Crippen LogP contribution is 2.20. The van der Waals surface area contributed by atoms with Gasteiger partial charge in [0.15, 0.2) is 0 Å². The second kappa shape index (κ2) is 7.03. The molecule has 0 atom stereocenters. The molecule has 21 heavy (non-hydrogen) atoms. The number of nitrogens with zero attached hydrogens (tertiary/aromatic N) is 3. The minimum Gasteiger partial charge on any atom is -0.399 e. The van der Waals surface area contributed by atoms with Crippen LogP contribution in [0.2, 0.25) is 0 Å². The van der Waals surface area contributed by atoms with Gasteiger partial charge in [-0.15, -0.1) is 0 Å². The third-order valence-electron chi connectivity index (χ3n) is 2.90. The number of benzene rings is 1. The Morgan fingerprint density at radius 1 is 1.33 bits per heavy atom. The van der Waals surface area contributed by atoms with E-state index >= 15 is 0 Å². The van der Waals surface area contributed by atoms with Crippen molar-refractivity contribution in [2.24, 2.45) is 5.73 Å². The number of nitrogens with two attached hydrogens (primary N) is 2. The molecule has 6 nitrogen and oxygen atoms in total. The number of carbonyl (C=O) groups excluding carboxylic acids is 1. The molecular weight excluding hydrogens is 286 g/mol. The van der Waals surface area contributed by atoms with Gasteiger partial charge in [0.2, 0.25) is 11.0 Å². The number of hydrogen-bond acceptors (Lipinski definition) is 6. The minimum absolute atomic E-state index is 0.116. The van der Waals surface area contributed by atoms with Crippen molar-refractivity contribution in [3.8, 4) is 0 Å². The summed E-state index contributed by atoms with van der Waals surface area (Å²) >= 11 is 1.29. The summed E-state index contributed by atoms with van der Waals surface area (Å²) in [7, 11) is 0. The van der Waals surface area contributed by atoms with Crippen LogP contribution in [0.25, 0.3) is 0 Å². The van der Waals surface area contributed by atoms with Gasteiger partial charge in [0, 0.05) is 30.2 Å². The van der Waals surface area contributed by atoms with Gasteiger partial charge in [-0.1, -0.05) is 19.1 Å². The predicted octanol–water partition coefficient (Wildman–Crippen LogP) is 1.56. The average Bonchev–Trinajstić information content (AvgIpc) is 2.89. The van der Waals surface area contributed by atoms with Crippen molar-refractivity contribution >= 4 is 28.3 Å². The molecule has 112 valence electrons. The van der Waals surface area contributed by atoms with E-state index in [9.17, 15) is 4.79 Å². The Morgan fingerprint density at radius 2 is 2.05 bits per heavy atom. The number of aryl methyl sites for hydroxylation is 1. The Morgan fingerprint density at radius 3 is 2.67 bits per heavy atom. The SMILES string of the molecule is CCCc1nsc(N(CC(N)=O)Cc2ccc(N)cc2)n1. The molecular formula is C14H19N5OS. The summed E-state index contributed by atoms with van der Waals surface area (Å²) in [5, 5.41) is 0.717. The van der Waals surface area contributed by atoms with Crippen LogP contribution in [-0.4, -0.2) is 21.8 Å². The van der Waals surface area contributed by atoms with E-state index in [4.69, 9.17) is 11.5 Å². The highest BCUT2D eigenvalue weighted by Gasteiger charge is 2.15. The normalized spacial score (nSPS) is 10.5. The zero-order valence-electron chi connectivity index (χ0n) is 12.0. The lowest BCUT2D eigenvalue weighted by Gasteiger charge is -2.19. The summed E-state index contributed by atoms with van der Waals surface area (Å²) in [5.74, 6) is 0.418. The van der Waals surface area contributed by atoms with Crippen molar-refractivity contribution in [2.45, 2.75) is 26.3 Å². The summed E-state index contributed by atoms with van der Waals surface area (Å²) in [6.07, 6.45) is 1.83. The molecule has 0 unspecified atom stereocenters. The zero-order chi connectivity index (χ0) is 15.2. The van der Waals surface area contributed by atoms with Crippen LogP contribution in [0.15, 0.2) is 24.3 Å². The minimum atomic E-state index is -0.391. The topological polar surface area (TPSA) is 98.1 Å². The standard InChI is InChI=1S/C14H19N5OS/c1-2-3-13-17-14(21-18-13)19(9-12(16)20)8-10-4-6-11(15)7-5-10/h4-7H,2-3,8-9,15H2,1H3,(H2,16,20). The van der Waals surface area contributed by atoms with Crippen LogP contribution in [-0.2, 0) is 17.8 Å². The van der Waals surface area contributed by atoms with Crippen molar-refractivity contribution in [1.29, 1.82) is 0 Å². The monoisotopic (exact) mass is 305 g/mol. The maximum atomic E-state index is 11.3. The quantitative estimate of drug-likeness (QED) is 0.757. The first-order chi connectivity index (χ1) is 10.1. The van der Waals surface area contributed by atoms with Crippen LogP contribution in [0, 0.1) is 0 Å². The smallest absolute Gasteiger partial charge is 0.237 e. The van der Waals surface area contributed by atoms with Crippen molar-refractivity contribution in [3.63, 3.8) is 0 Å². The third-order valence-corrected chi connectivity index (χ3v) is 3.72. The van der Waals surface area contributed by atoms with Gasteiger partial charge in [-0.05, 0) is 24.1 Å². The third kappa shape index (κ3) is 4.42. The number of primary amides is 1. The lowest BCUT2D eigenvalue weighted by atomic mass is 10.2. The van der Waals surface area contributed by atoms with Crippen molar-refractivity contribution in [3.05, 3.63) is 35.7 Å². The number of hydrogen-bond donors (Lipinski definition) is 2. The molecule has 0 aliphatic rings. The summed E-state index contributed by atoms with van der Waals surface area (Å²) in [5.41, 5.74) is 12.8. The van der Waals surface area contributed by atoms with Crippen molar-refractivity contribution < 1.29 is 4.79 Å². The van der Waals surface area contributed by atoms with Crippen molar-refractivity contribution in [1.82, 2.24) is 9.36 Å². The van der Waals surface area contributed by atoms with Gasteiger partial charge in [0.05, 0.1) is 6.54 Å². The maximum Gasteiger partial charge on any atom is 0.237 e. The Labute approximate surface area is 128 Å². The molecule has 0 bridgehead atoms. The molecule has 0 radical (unpaired) electrons. The van der Waals surface area contributed by atoms with E-state index in [2.05, 4.69) is 16.3 Å². The molecule has 2 rings (SSSR count). The van der Waals surface area contributed by atoms with Gasteiger partial charge in [-0.2, -0.15) is 4.37 Å². The predicted molar refractivity (Wildman–Crippen MR) is 85.0 cm³/mol. The summed E-state index contributed by atoms with van der Waals surface area (Å²) in [6.45, 7) is 2.74. The second-order valence-electron chi connectivity index (χ2n) is 4.81.